The van der Waals surface area contributed by atoms with Crippen molar-refractivity contribution in [3.63, 3.8) is 0 Å². The summed E-state index contributed by atoms with van der Waals surface area (Å²) in [5.74, 6) is -0.511. The molecule has 4 N–H and O–H groups in total. The molecular weight excluding hydrogens is 474 g/mol. The number of hydroxylamine groups is 2. The van der Waals surface area contributed by atoms with Gasteiger partial charge in [0.2, 0.25) is 0 Å². The number of carbonyl (C=O) groups excluding carboxylic acids is 1. The highest BCUT2D eigenvalue weighted by atomic mass is 79.9. The number of hydrogen-bond acceptors (Lipinski definition) is 5. The molecule has 1 unspecified atom stereocenters. The molecule has 30 heavy (non-hydrogen) atoms. The lowest BCUT2D eigenvalue weighted by molar-refractivity contribution is -1.06. The van der Waals surface area contributed by atoms with Gasteiger partial charge in [-0.2, -0.15) is 0 Å². The highest BCUT2D eigenvalue weighted by molar-refractivity contribution is 9.10. The molecule has 3 aromatic carbocycles. The Hall–Kier alpha value is -2.76. The van der Waals surface area contributed by atoms with Crippen LogP contribution in [0.3, 0.4) is 0 Å². The molecule has 0 radical (unpaired) electrons. The average Bonchev–Trinajstić information content (AvgIpc) is 2.69. The van der Waals surface area contributed by atoms with Gasteiger partial charge in [0.25, 0.3) is 15.9 Å². The highest BCUT2D eigenvalue weighted by Gasteiger charge is 2.17. The predicted molar refractivity (Wildman–Crippen MR) is 116 cm³/mol. The van der Waals surface area contributed by atoms with Crippen molar-refractivity contribution in [2.45, 2.75) is 11.4 Å². The van der Waals surface area contributed by atoms with E-state index in [1.165, 1.54) is 24.3 Å². The summed E-state index contributed by atoms with van der Waals surface area (Å²) >= 11 is 3.29. The Kier molecular flexibility index (Phi) is 6.85. The van der Waals surface area contributed by atoms with Crippen LogP contribution in [0.4, 0.5) is 11.4 Å². The maximum absolute atomic E-state index is 12.7. The molecule has 0 aromatic heterocycles. The number of carbonyl (C=O) groups is 1. The smallest absolute Gasteiger partial charge is 0.261 e. The summed E-state index contributed by atoms with van der Waals surface area (Å²) in [6.07, 6.45) is 0. The second-order valence-corrected chi connectivity index (χ2v) is 8.96. The standard InChI is InChI=1S/C20H18BrN3O5S/c21-16-7-9-17(10-8-16)23-30(28,29)19-6-2-4-15(12-19)20(25)22-18-5-1-3-14(11-18)13-24(26)27/h1-12,23-24,26H,13H2,(H,22,25). The van der Waals surface area contributed by atoms with Crippen molar-refractivity contribution in [3.8, 4) is 0 Å². The Morgan fingerprint density at radius 2 is 1.70 bits per heavy atom. The van der Waals surface area contributed by atoms with Crippen LogP contribution in [0.2, 0.25) is 0 Å². The Bertz CT molecular complexity index is 1150. The first-order valence-corrected chi connectivity index (χ1v) is 11.0. The Morgan fingerprint density at radius 3 is 2.40 bits per heavy atom. The summed E-state index contributed by atoms with van der Waals surface area (Å²) in [4.78, 5) is 12.5. The Morgan fingerprint density at radius 1 is 1.00 bits per heavy atom. The minimum atomic E-state index is -3.89. The van der Waals surface area contributed by atoms with Crippen LogP contribution in [0.25, 0.3) is 0 Å². The summed E-state index contributed by atoms with van der Waals surface area (Å²) < 4.78 is 28.6. The summed E-state index contributed by atoms with van der Waals surface area (Å²) in [6, 6.07) is 18.7. The molecule has 3 rings (SSSR count). The van der Waals surface area contributed by atoms with Crippen LogP contribution >= 0.6 is 15.9 Å². The molecular formula is C20H18BrN3O5S. The van der Waals surface area contributed by atoms with E-state index in [4.69, 9.17) is 5.21 Å². The first kappa shape index (κ1) is 21.9. The first-order valence-electron chi connectivity index (χ1n) is 8.73. The fourth-order valence-electron chi connectivity index (χ4n) is 2.67. The number of sulfonamides is 1. The number of anilines is 2. The third-order valence-electron chi connectivity index (χ3n) is 4.04. The molecule has 1 amide bonds. The van der Waals surface area contributed by atoms with E-state index in [9.17, 15) is 18.4 Å². The van der Waals surface area contributed by atoms with E-state index in [0.717, 1.165) is 4.47 Å². The van der Waals surface area contributed by atoms with Crippen molar-refractivity contribution < 1.29 is 23.6 Å². The van der Waals surface area contributed by atoms with Gasteiger partial charge in [0.05, 0.1) is 4.90 Å². The molecule has 1 atom stereocenters. The van der Waals surface area contributed by atoms with Crippen LogP contribution in [0, 0.1) is 5.21 Å². The average molecular weight is 492 g/mol. The normalized spacial score (nSPS) is 12.2. The number of halogens is 1. The molecule has 8 nitrogen and oxygen atoms in total. The molecule has 3 aromatic rings. The maximum Gasteiger partial charge on any atom is 0.261 e. The zero-order chi connectivity index (χ0) is 21.7. The number of rotatable bonds is 7. The minimum Gasteiger partial charge on any atom is -0.600 e. The largest absolute Gasteiger partial charge is 0.600 e. The van der Waals surface area contributed by atoms with E-state index in [1.54, 1.807) is 48.5 Å². The van der Waals surface area contributed by atoms with E-state index in [1.807, 2.05) is 0 Å². The quantitative estimate of drug-likeness (QED) is 0.378. The zero-order valence-electron chi connectivity index (χ0n) is 15.5. The van der Waals surface area contributed by atoms with Gasteiger partial charge >= 0.3 is 0 Å². The van der Waals surface area contributed by atoms with E-state index >= 15 is 0 Å². The van der Waals surface area contributed by atoms with Crippen molar-refractivity contribution in [1.82, 2.24) is 0 Å². The van der Waals surface area contributed by atoms with Crippen molar-refractivity contribution in [1.29, 1.82) is 0 Å². The third kappa shape index (κ3) is 5.88. The lowest BCUT2D eigenvalue weighted by atomic mass is 10.1. The lowest BCUT2D eigenvalue weighted by Crippen LogP contribution is -3.03. The molecule has 0 aliphatic carbocycles. The molecule has 0 spiro atoms. The summed E-state index contributed by atoms with van der Waals surface area (Å²) in [5, 5.41) is 21.4. The van der Waals surface area contributed by atoms with Crippen molar-refractivity contribution in [2.75, 3.05) is 10.0 Å². The number of nitrogens with one attached hydrogen (secondary N) is 3. The lowest BCUT2D eigenvalue weighted by Gasteiger charge is -2.13. The molecule has 10 heteroatoms. The van der Waals surface area contributed by atoms with Gasteiger partial charge in [0.15, 0.2) is 0 Å². The number of hydrogen-bond donors (Lipinski definition) is 4. The predicted octanol–water partition coefficient (Wildman–Crippen LogP) is 2.77. The van der Waals surface area contributed by atoms with Gasteiger partial charge in [-0.3, -0.25) is 9.52 Å². The van der Waals surface area contributed by atoms with E-state index in [2.05, 4.69) is 26.0 Å². The molecule has 0 saturated carbocycles. The van der Waals surface area contributed by atoms with Crippen LogP contribution in [0.15, 0.2) is 82.2 Å². The molecule has 0 aliphatic heterocycles. The number of amides is 1. The Balaban J connectivity index is 1.77. The maximum atomic E-state index is 12.7. The van der Waals surface area contributed by atoms with Gasteiger partial charge in [-0.25, -0.2) is 18.9 Å². The van der Waals surface area contributed by atoms with E-state index in [-0.39, 0.29) is 17.0 Å². The highest BCUT2D eigenvalue weighted by Crippen LogP contribution is 2.20. The first-order chi connectivity index (χ1) is 14.2. The van der Waals surface area contributed by atoms with Crippen LogP contribution in [-0.4, -0.2) is 19.5 Å². The monoisotopic (exact) mass is 491 g/mol. The van der Waals surface area contributed by atoms with Crippen LogP contribution in [0.1, 0.15) is 15.9 Å². The number of quaternary nitrogens is 1. The van der Waals surface area contributed by atoms with Crippen LogP contribution < -0.4 is 15.3 Å². The molecule has 0 heterocycles. The molecule has 0 aliphatic rings. The van der Waals surface area contributed by atoms with Gasteiger partial charge in [-0.15, -0.1) is 0 Å². The molecule has 0 fully saturated rings. The van der Waals surface area contributed by atoms with Crippen molar-refractivity contribution in [2.24, 2.45) is 0 Å². The molecule has 0 bridgehead atoms. The topological polar surface area (TPSA) is 123 Å². The fraction of sp³-hybridized carbons (Fsp3) is 0.0500. The van der Waals surface area contributed by atoms with Crippen LogP contribution in [-0.2, 0) is 16.6 Å². The van der Waals surface area contributed by atoms with Gasteiger partial charge in [0.1, 0.15) is 6.54 Å². The van der Waals surface area contributed by atoms with Gasteiger partial charge in [0, 0.05) is 27.0 Å². The summed E-state index contributed by atoms with van der Waals surface area (Å²) in [5.41, 5.74) is 1.50. The molecule has 0 saturated heterocycles. The second-order valence-electron chi connectivity index (χ2n) is 6.37. The fourth-order valence-corrected chi connectivity index (χ4v) is 4.04. The Labute approximate surface area is 181 Å². The van der Waals surface area contributed by atoms with Gasteiger partial charge in [-0.05, 0) is 54.6 Å². The second kappa shape index (κ2) is 9.37. The van der Waals surface area contributed by atoms with E-state index in [0.29, 0.717) is 16.9 Å². The van der Waals surface area contributed by atoms with Gasteiger partial charge < -0.3 is 10.5 Å². The zero-order valence-corrected chi connectivity index (χ0v) is 17.9. The molecule has 156 valence electrons. The number of benzene rings is 3. The van der Waals surface area contributed by atoms with Crippen molar-refractivity contribution >= 4 is 43.2 Å². The van der Waals surface area contributed by atoms with Crippen molar-refractivity contribution in [3.05, 3.63) is 93.6 Å². The third-order valence-corrected chi connectivity index (χ3v) is 5.95. The van der Waals surface area contributed by atoms with E-state index < -0.39 is 21.2 Å². The minimum absolute atomic E-state index is 0.0577. The van der Waals surface area contributed by atoms with Crippen LogP contribution in [0.5, 0.6) is 0 Å². The van der Waals surface area contributed by atoms with Gasteiger partial charge in [-0.1, -0.05) is 34.1 Å². The summed E-state index contributed by atoms with van der Waals surface area (Å²) in [7, 11) is -3.89. The SMILES string of the molecule is O=C(Nc1cccc(C[NH+]([O-])O)c1)c1cccc(S(=O)(=O)Nc2ccc(Br)cc2)c1. The summed E-state index contributed by atoms with van der Waals surface area (Å²) in [6.45, 7) is -0.167.